The summed E-state index contributed by atoms with van der Waals surface area (Å²) in [5.41, 5.74) is 7.40. The van der Waals surface area contributed by atoms with Crippen LogP contribution >= 0.6 is 0 Å². The van der Waals surface area contributed by atoms with E-state index in [1.807, 2.05) is 18.3 Å². The summed E-state index contributed by atoms with van der Waals surface area (Å²) < 4.78 is 5.37. The summed E-state index contributed by atoms with van der Waals surface area (Å²) in [6, 6.07) is 3.91. The number of aromatic nitrogens is 1. The minimum Gasteiger partial charge on any atom is -0.495 e. The van der Waals surface area contributed by atoms with Crippen molar-refractivity contribution in [3.8, 4) is 5.75 Å². The zero-order chi connectivity index (χ0) is 11.8. The van der Waals surface area contributed by atoms with Gasteiger partial charge in [0.15, 0.2) is 0 Å². The second-order valence-corrected chi connectivity index (χ2v) is 5.37. The Balaban J connectivity index is 1.85. The first-order chi connectivity index (χ1) is 8.31. The molecule has 1 heterocycles. The smallest absolute Gasteiger partial charge is 0.141 e. The Bertz CT molecular complexity index is 387. The van der Waals surface area contributed by atoms with Crippen LogP contribution in [0.25, 0.3) is 0 Å². The molecule has 1 aromatic rings. The second kappa shape index (κ2) is 4.30. The summed E-state index contributed by atoms with van der Waals surface area (Å²) in [7, 11) is 1.69. The molecule has 1 atom stereocenters. The van der Waals surface area contributed by atoms with Gasteiger partial charge in [0, 0.05) is 6.20 Å². The lowest BCUT2D eigenvalue weighted by atomic mass is 9.87. The molecule has 0 spiro atoms. The monoisotopic (exact) mass is 232 g/mol. The lowest BCUT2D eigenvalue weighted by molar-refractivity contribution is 0.317. The van der Waals surface area contributed by atoms with Gasteiger partial charge in [0.05, 0.1) is 18.8 Å². The quantitative estimate of drug-likeness (QED) is 0.848. The molecule has 0 saturated heterocycles. The van der Waals surface area contributed by atoms with E-state index in [1.54, 1.807) is 7.11 Å². The Kier molecular flexibility index (Phi) is 2.79. The Morgan fingerprint density at radius 3 is 2.47 bits per heavy atom. The van der Waals surface area contributed by atoms with E-state index in [2.05, 4.69) is 4.98 Å². The fourth-order valence-electron chi connectivity index (χ4n) is 2.94. The van der Waals surface area contributed by atoms with Gasteiger partial charge >= 0.3 is 0 Å². The topological polar surface area (TPSA) is 48.1 Å². The number of methoxy groups -OCH3 is 1. The number of nitrogens with two attached hydrogens (primary N) is 1. The van der Waals surface area contributed by atoms with Crippen molar-refractivity contribution in [1.29, 1.82) is 0 Å². The highest BCUT2D eigenvalue weighted by Crippen LogP contribution is 2.53. The maximum atomic E-state index is 6.46. The van der Waals surface area contributed by atoms with Gasteiger partial charge < -0.3 is 10.5 Å². The summed E-state index contributed by atoms with van der Waals surface area (Å²) in [6.07, 6.45) is 7.22. The lowest BCUT2D eigenvalue weighted by Gasteiger charge is -2.24. The summed E-state index contributed by atoms with van der Waals surface area (Å²) in [5.74, 6) is 3.14. The molecule has 2 saturated carbocycles. The van der Waals surface area contributed by atoms with Crippen molar-refractivity contribution in [1.82, 2.24) is 4.98 Å². The maximum absolute atomic E-state index is 6.46. The normalized spacial score (nSPS) is 21.6. The van der Waals surface area contributed by atoms with Crippen LogP contribution in [0.15, 0.2) is 18.3 Å². The van der Waals surface area contributed by atoms with Crippen LogP contribution in [0.4, 0.5) is 0 Å². The highest BCUT2D eigenvalue weighted by molar-refractivity contribution is 5.30. The van der Waals surface area contributed by atoms with Crippen LogP contribution in [0.5, 0.6) is 5.75 Å². The molecule has 2 fully saturated rings. The maximum Gasteiger partial charge on any atom is 0.141 e. The largest absolute Gasteiger partial charge is 0.495 e. The van der Waals surface area contributed by atoms with Crippen LogP contribution in [0, 0.1) is 17.8 Å². The molecule has 17 heavy (non-hydrogen) atoms. The van der Waals surface area contributed by atoms with Crippen molar-refractivity contribution < 1.29 is 4.74 Å². The molecule has 2 N–H and O–H groups in total. The highest BCUT2D eigenvalue weighted by atomic mass is 16.5. The van der Waals surface area contributed by atoms with E-state index in [9.17, 15) is 0 Å². The summed E-state index contributed by atoms with van der Waals surface area (Å²) in [5, 5.41) is 0. The number of nitrogens with zero attached hydrogens (tertiary/aromatic N) is 1. The Labute approximate surface area is 102 Å². The number of ether oxygens (including phenoxy) is 1. The van der Waals surface area contributed by atoms with Gasteiger partial charge in [-0.1, -0.05) is 0 Å². The van der Waals surface area contributed by atoms with E-state index < -0.39 is 0 Å². The summed E-state index contributed by atoms with van der Waals surface area (Å²) in [6.45, 7) is 0. The van der Waals surface area contributed by atoms with E-state index in [4.69, 9.17) is 10.5 Å². The molecular formula is C14H20N2O. The first-order valence-corrected chi connectivity index (χ1v) is 6.55. The third-order valence-electron chi connectivity index (χ3n) is 4.08. The van der Waals surface area contributed by atoms with Crippen LogP contribution in [-0.4, -0.2) is 12.1 Å². The fourth-order valence-corrected chi connectivity index (χ4v) is 2.94. The fraction of sp³-hybridized carbons (Fsp3) is 0.643. The standard InChI is InChI=1S/C14H20N2O/c1-17-11-3-2-8-16-14(11)13(15)12(9-4-5-9)10-6-7-10/h2-3,8-10,12-13H,4-7,15H2,1H3. The van der Waals surface area contributed by atoms with Gasteiger partial charge in [0.2, 0.25) is 0 Å². The van der Waals surface area contributed by atoms with Gasteiger partial charge in [0.25, 0.3) is 0 Å². The first-order valence-electron chi connectivity index (χ1n) is 6.55. The lowest BCUT2D eigenvalue weighted by Crippen LogP contribution is -2.26. The molecule has 0 aliphatic heterocycles. The van der Waals surface area contributed by atoms with Crippen molar-refractivity contribution in [3.63, 3.8) is 0 Å². The van der Waals surface area contributed by atoms with E-state index in [1.165, 1.54) is 25.7 Å². The zero-order valence-corrected chi connectivity index (χ0v) is 10.3. The average molecular weight is 232 g/mol. The van der Waals surface area contributed by atoms with E-state index >= 15 is 0 Å². The molecule has 0 bridgehead atoms. The highest BCUT2D eigenvalue weighted by Gasteiger charge is 2.45. The number of hydrogen-bond acceptors (Lipinski definition) is 3. The third kappa shape index (κ3) is 2.16. The van der Waals surface area contributed by atoms with E-state index in [0.29, 0.717) is 5.92 Å². The summed E-state index contributed by atoms with van der Waals surface area (Å²) >= 11 is 0. The molecular weight excluding hydrogens is 212 g/mol. The Hall–Kier alpha value is -1.09. The molecule has 1 unspecified atom stereocenters. The van der Waals surface area contributed by atoms with Gasteiger partial charge in [-0.3, -0.25) is 4.98 Å². The van der Waals surface area contributed by atoms with E-state index in [-0.39, 0.29) is 6.04 Å². The molecule has 3 heteroatoms. The van der Waals surface area contributed by atoms with Crippen LogP contribution in [0.1, 0.15) is 37.4 Å². The zero-order valence-electron chi connectivity index (χ0n) is 10.3. The molecule has 0 radical (unpaired) electrons. The number of rotatable bonds is 5. The minimum absolute atomic E-state index is 0.0474. The molecule has 3 nitrogen and oxygen atoms in total. The third-order valence-corrected chi connectivity index (χ3v) is 4.08. The van der Waals surface area contributed by atoms with Crippen LogP contribution in [0.3, 0.4) is 0 Å². The number of hydrogen-bond donors (Lipinski definition) is 1. The van der Waals surface area contributed by atoms with Crippen LogP contribution in [-0.2, 0) is 0 Å². The first kappa shape index (κ1) is 11.0. The van der Waals surface area contributed by atoms with Crippen molar-refractivity contribution in [2.45, 2.75) is 31.7 Å². The van der Waals surface area contributed by atoms with Gasteiger partial charge in [0.1, 0.15) is 5.75 Å². The Morgan fingerprint density at radius 1 is 1.29 bits per heavy atom. The van der Waals surface area contributed by atoms with Crippen molar-refractivity contribution in [2.75, 3.05) is 7.11 Å². The van der Waals surface area contributed by atoms with E-state index in [0.717, 1.165) is 23.3 Å². The Morgan fingerprint density at radius 2 is 1.94 bits per heavy atom. The molecule has 1 aromatic heterocycles. The van der Waals surface area contributed by atoms with Gasteiger partial charge in [-0.05, 0) is 55.6 Å². The molecule has 0 aromatic carbocycles. The van der Waals surface area contributed by atoms with Crippen LogP contribution in [0.2, 0.25) is 0 Å². The van der Waals surface area contributed by atoms with Crippen molar-refractivity contribution in [2.24, 2.45) is 23.5 Å². The summed E-state index contributed by atoms with van der Waals surface area (Å²) in [4.78, 5) is 4.44. The minimum atomic E-state index is 0.0474. The molecule has 2 aliphatic carbocycles. The average Bonchev–Trinajstić information content (AvgIpc) is 3.23. The molecule has 92 valence electrons. The molecule has 0 amide bonds. The predicted molar refractivity (Wildman–Crippen MR) is 66.7 cm³/mol. The van der Waals surface area contributed by atoms with Gasteiger partial charge in [-0.2, -0.15) is 0 Å². The van der Waals surface area contributed by atoms with Crippen molar-refractivity contribution in [3.05, 3.63) is 24.0 Å². The molecule has 2 aliphatic rings. The van der Waals surface area contributed by atoms with Gasteiger partial charge in [-0.25, -0.2) is 0 Å². The SMILES string of the molecule is COc1cccnc1C(N)C(C1CC1)C1CC1. The molecule has 3 rings (SSSR count). The van der Waals surface area contributed by atoms with Gasteiger partial charge in [-0.15, -0.1) is 0 Å². The number of pyridine rings is 1. The van der Waals surface area contributed by atoms with Crippen molar-refractivity contribution >= 4 is 0 Å². The van der Waals surface area contributed by atoms with Crippen LogP contribution < -0.4 is 10.5 Å². The predicted octanol–water partition coefficient (Wildman–Crippen LogP) is 2.53. The second-order valence-electron chi connectivity index (χ2n) is 5.37.